The van der Waals surface area contributed by atoms with E-state index in [9.17, 15) is 14.4 Å². The van der Waals surface area contributed by atoms with Crippen LogP contribution in [-0.2, 0) is 19.3 Å². The van der Waals surface area contributed by atoms with Gasteiger partial charge in [-0.05, 0) is 124 Å². The highest BCUT2D eigenvalue weighted by molar-refractivity contribution is 5.94. The van der Waals surface area contributed by atoms with Crippen LogP contribution in [-0.4, -0.2) is 50.9 Å². The predicted octanol–water partition coefficient (Wildman–Crippen LogP) is 8.18. The Morgan fingerprint density at radius 3 is 1.71 bits per heavy atom. The van der Waals surface area contributed by atoms with E-state index in [2.05, 4.69) is 13.2 Å². The maximum absolute atomic E-state index is 12.9. The molecule has 0 spiro atoms. The lowest BCUT2D eigenvalue weighted by atomic mass is 10.1. The predicted molar refractivity (Wildman–Crippen MR) is 185 cm³/mol. The quantitative estimate of drug-likeness (QED) is 0.0175. The molecule has 3 aromatic carbocycles. The number of ether oxygens (including phenoxy) is 5. The molecule has 0 saturated heterocycles. The molecule has 0 bridgehead atoms. The Balaban J connectivity index is 1.35. The summed E-state index contributed by atoms with van der Waals surface area (Å²) in [6, 6.07) is 18.4. The van der Waals surface area contributed by atoms with Crippen LogP contribution in [0.15, 0.2) is 92.0 Å². The van der Waals surface area contributed by atoms with E-state index in [0.717, 1.165) is 57.4 Å². The second-order valence-electron chi connectivity index (χ2n) is 11.0. The molecule has 0 atom stereocenters. The Labute approximate surface area is 288 Å². The van der Waals surface area contributed by atoms with Gasteiger partial charge in [0, 0.05) is 6.08 Å². The third kappa shape index (κ3) is 15.2. The first-order valence-electron chi connectivity index (χ1n) is 16.5. The molecule has 0 saturated carbocycles. The number of hydrogen-bond acceptors (Lipinski definition) is 10. The summed E-state index contributed by atoms with van der Waals surface area (Å²) in [5.74, 6) is 0.594. The van der Waals surface area contributed by atoms with Gasteiger partial charge in [-0.25, -0.2) is 24.2 Å². The van der Waals surface area contributed by atoms with Crippen LogP contribution in [0.25, 0.3) is 0 Å². The van der Waals surface area contributed by atoms with Crippen molar-refractivity contribution in [2.45, 2.75) is 58.3 Å². The molecule has 0 fully saturated rings. The number of carbonyl (C=O) groups excluding carboxylic acids is 3. The maximum atomic E-state index is 12.9. The van der Waals surface area contributed by atoms with Crippen molar-refractivity contribution in [2.24, 2.45) is 0 Å². The summed E-state index contributed by atoms with van der Waals surface area (Å²) in [7, 11) is 0. The van der Waals surface area contributed by atoms with Crippen LogP contribution in [0.1, 0.15) is 77.6 Å². The molecular weight excluding hydrogens is 628 g/mol. The van der Waals surface area contributed by atoms with Gasteiger partial charge in [0.1, 0.15) is 29.6 Å². The summed E-state index contributed by atoms with van der Waals surface area (Å²) in [5.41, 5.74) is 1.33. The van der Waals surface area contributed by atoms with Crippen molar-refractivity contribution in [1.82, 2.24) is 0 Å². The fourth-order valence-electron chi connectivity index (χ4n) is 4.49. The van der Waals surface area contributed by atoms with Crippen molar-refractivity contribution >= 4 is 17.9 Å². The average Bonchev–Trinajstić information content (AvgIpc) is 3.11. The minimum Gasteiger partial charge on any atom is -0.494 e. The number of benzene rings is 3. The van der Waals surface area contributed by atoms with Crippen molar-refractivity contribution < 1.29 is 47.8 Å². The van der Waals surface area contributed by atoms with Crippen LogP contribution in [0.2, 0.25) is 0 Å². The number of unbranched alkanes of at least 4 members (excludes halogenated alkanes) is 6. The summed E-state index contributed by atoms with van der Waals surface area (Å²) < 4.78 is 27.6. The SMILES string of the molecule is C=CCOOCCCCCCOc1ccc(OC(=O)c2ccc(OC(=O)c3ccc(OCCCCCCOC(=O)C=C)cc3)cc2C)cc1. The third-order valence-electron chi connectivity index (χ3n) is 7.13. The molecule has 3 rings (SSSR count). The first kappa shape index (κ1) is 38.5. The van der Waals surface area contributed by atoms with Gasteiger partial charge in [0.2, 0.25) is 0 Å². The van der Waals surface area contributed by atoms with E-state index in [4.69, 9.17) is 33.5 Å². The van der Waals surface area contributed by atoms with E-state index in [1.807, 2.05) is 0 Å². The van der Waals surface area contributed by atoms with Gasteiger partial charge >= 0.3 is 17.9 Å². The molecule has 0 radical (unpaired) electrons. The molecule has 0 aromatic heterocycles. The normalized spacial score (nSPS) is 10.6. The van der Waals surface area contributed by atoms with E-state index in [-0.39, 0.29) is 0 Å². The van der Waals surface area contributed by atoms with Gasteiger partial charge < -0.3 is 23.7 Å². The second kappa shape index (κ2) is 22.6. The van der Waals surface area contributed by atoms with Crippen LogP contribution in [0.3, 0.4) is 0 Å². The van der Waals surface area contributed by atoms with Gasteiger partial charge in [-0.1, -0.05) is 19.1 Å². The maximum Gasteiger partial charge on any atom is 0.343 e. The smallest absolute Gasteiger partial charge is 0.343 e. The first-order chi connectivity index (χ1) is 23.9. The summed E-state index contributed by atoms with van der Waals surface area (Å²) >= 11 is 0. The fraction of sp³-hybridized carbons (Fsp3) is 0.359. The van der Waals surface area contributed by atoms with E-state index < -0.39 is 17.9 Å². The van der Waals surface area contributed by atoms with E-state index in [1.165, 1.54) is 0 Å². The minimum absolute atomic E-state index is 0.311. The zero-order chi connectivity index (χ0) is 35.1. The zero-order valence-corrected chi connectivity index (χ0v) is 28.2. The van der Waals surface area contributed by atoms with Crippen molar-refractivity contribution in [3.8, 4) is 23.0 Å². The molecule has 10 heteroatoms. The van der Waals surface area contributed by atoms with Crippen LogP contribution < -0.4 is 18.9 Å². The Morgan fingerprint density at radius 1 is 0.592 bits per heavy atom. The highest BCUT2D eigenvalue weighted by Gasteiger charge is 2.15. The van der Waals surface area contributed by atoms with Gasteiger partial charge in [0.05, 0.1) is 37.6 Å². The lowest BCUT2D eigenvalue weighted by Gasteiger charge is -2.11. The topological polar surface area (TPSA) is 116 Å². The molecule has 49 heavy (non-hydrogen) atoms. The molecule has 0 unspecified atom stereocenters. The number of esters is 3. The monoisotopic (exact) mass is 674 g/mol. The molecule has 0 amide bonds. The summed E-state index contributed by atoms with van der Waals surface area (Å²) in [6.07, 6.45) is 10.2. The van der Waals surface area contributed by atoms with Crippen molar-refractivity contribution in [2.75, 3.05) is 33.0 Å². The Kier molecular flexibility index (Phi) is 17.8. The molecule has 0 aliphatic heterocycles. The van der Waals surface area contributed by atoms with Crippen LogP contribution in [0, 0.1) is 6.92 Å². The molecular formula is C39H46O10. The molecule has 0 heterocycles. The number of aryl methyl sites for hydroxylation is 1. The standard InChI is InChI=1S/C39H46O10/c1-4-24-46-47-28-13-9-8-11-26-44-33-18-20-34(21-19-33)48-39(42)36-23-22-35(29-30(36)3)49-38(41)31-14-16-32(17-15-31)43-25-10-6-7-12-27-45-37(40)5-2/h4-5,14-23,29H,1-2,6-13,24-28H2,3H3. The van der Waals surface area contributed by atoms with Gasteiger partial charge in [-0.2, -0.15) is 0 Å². The Hall–Kier alpha value is -4.93. The summed E-state index contributed by atoms with van der Waals surface area (Å²) in [5, 5.41) is 0. The van der Waals surface area contributed by atoms with Crippen LogP contribution in [0.4, 0.5) is 0 Å². The van der Waals surface area contributed by atoms with Gasteiger partial charge in [0.25, 0.3) is 0 Å². The van der Waals surface area contributed by atoms with E-state index in [1.54, 1.807) is 79.7 Å². The first-order valence-corrected chi connectivity index (χ1v) is 16.5. The van der Waals surface area contributed by atoms with Crippen molar-refractivity contribution in [1.29, 1.82) is 0 Å². The molecule has 0 aliphatic rings. The molecule has 10 nitrogen and oxygen atoms in total. The van der Waals surface area contributed by atoms with Gasteiger partial charge in [-0.15, -0.1) is 6.58 Å². The van der Waals surface area contributed by atoms with Crippen LogP contribution in [0.5, 0.6) is 23.0 Å². The van der Waals surface area contributed by atoms with E-state index in [0.29, 0.717) is 72.7 Å². The van der Waals surface area contributed by atoms with Crippen LogP contribution >= 0.6 is 0 Å². The van der Waals surface area contributed by atoms with Crippen molar-refractivity contribution in [3.63, 3.8) is 0 Å². The average molecular weight is 675 g/mol. The second-order valence-corrected chi connectivity index (χ2v) is 11.0. The zero-order valence-electron chi connectivity index (χ0n) is 28.2. The van der Waals surface area contributed by atoms with Crippen molar-refractivity contribution in [3.05, 3.63) is 109 Å². The van der Waals surface area contributed by atoms with Gasteiger partial charge in [0.15, 0.2) is 0 Å². The largest absolute Gasteiger partial charge is 0.494 e. The number of rotatable bonds is 24. The number of carbonyl (C=O) groups is 3. The molecule has 262 valence electrons. The highest BCUT2D eigenvalue weighted by atomic mass is 17.2. The fourth-order valence-corrected chi connectivity index (χ4v) is 4.49. The molecule has 0 N–H and O–H groups in total. The summed E-state index contributed by atoms with van der Waals surface area (Å²) in [6.45, 7) is 11.1. The van der Waals surface area contributed by atoms with Gasteiger partial charge in [-0.3, -0.25) is 0 Å². The lowest BCUT2D eigenvalue weighted by Crippen LogP contribution is -2.12. The van der Waals surface area contributed by atoms with E-state index >= 15 is 0 Å². The summed E-state index contributed by atoms with van der Waals surface area (Å²) in [4.78, 5) is 46.5. The highest BCUT2D eigenvalue weighted by Crippen LogP contribution is 2.23. The number of hydrogen-bond donors (Lipinski definition) is 0. The Morgan fingerprint density at radius 2 is 1.12 bits per heavy atom. The minimum atomic E-state index is -0.527. The molecule has 0 aliphatic carbocycles. The Bertz CT molecular complexity index is 1460. The lowest BCUT2D eigenvalue weighted by molar-refractivity contribution is -0.286. The third-order valence-corrected chi connectivity index (χ3v) is 7.13. The molecule has 3 aromatic rings.